The Bertz CT molecular complexity index is 492. The van der Waals surface area contributed by atoms with Crippen LogP contribution < -0.4 is 16.0 Å². The van der Waals surface area contributed by atoms with Crippen molar-refractivity contribution in [1.29, 1.82) is 0 Å². The van der Waals surface area contributed by atoms with Gasteiger partial charge in [-0.1, -0.05) is 43.6 Å². The Hall–Kier alpha value is -1.59. The summed E-state index contributed by atoms with van der Waals surface area (Å²) in [5.74, 6) is 0.0211. The molecule has 21 heavy (non-hydrogen) atoms. The molecule has 0 fully saturated rings. The van der Waals surface area contributed by atoms with Crippen LogP contribution in [0.5, 0.6) is 0 Å². The van der Waals surface area contributed by atoms with E-state index in [1.54, 1.807) is 0 Å². The number of urea groups is 1. The first-order valence-electron chi connectivity index (χ1n) is 7.05. The number of quaternary nitrogens is 1. The molecule has 0 bridgehead atoms. The van der Waals surface area contributed by atoms with Crippen molar-refractivity contribution in [3.8, 4) is 0 Å². The summed E-state index contributed by atoms with van der Waals surface area (Å²) in [6, 6.07) is 7.11. The highest BCUT2D eigenvalue weighted by atomic mass is 35.5. The number of nitrogens with one attached hydrogen (secondary N) is 2. The third-order valence-corrected chi connectivity index (χ3v) is 3.32. The fourth-order valence-corrected chi connectivity index (χ4v) is 2.08. The summed E-state index contributed by atoms with van der Waals surface area (Å²) in [5, 5.41) is 7.46. The van der Waals surface area contributed by atoms with Crippen LogP contribution in [0.4, 0.5) is 4.79 Å². The van der Waals surface area contributed by atoms with Crippen LogP contribution in [0.15, 0.2) is 24.3 Å². The molecule has 1 aromatic carbocycles. The summed E-state index contributed by atoms with van der Waals surface area (Å²) >= 11 is 6.10. The van der Waals surface area contributed by atoms with Crippen LogP contribution in [0.2, 0.25) is 5.02 Å². The molecule has 3 amide bonds. The Morgan fingerprint density at radius 3 is 2.52 bits per heavy atom. The molecule has 5 nitrogen and oxygen atoms in total. The molecule has 0 aliphatic carbocycles. The molecule has 0 aliphatic heterocycles. The second-order valence-electron chi connectivity index (χ2n) is 5.40. The maximum Gasteiger partial charge on any atom is 0.321 e. The van der Waals surface area contributed by atoms with Crippen LogP contribution >= 0.6 is 11.6 Å². The molecule has 1 aromatic rings. The number of carbonyl (C=O) groups is 2. The molecular formula is C15H23ClN3O2+. The van der Waals surface area contributed by atoms with Crippen molar-refractivity contribution in [3.05, 3.63) is 34.9 Å². The molecule has 4 N–H and O–H groups in total. The summed E-state index contributed by atoms with van der Waals surface area (Å²) in [6.07, 6.45) is 0. The van der Waals surface area contributed by atoms with Crippen LogP contribution in [0.25, 0.3) is 0 Å². The van der Waals surface area contributed by atoms with E-state index in [4.69, 9.17) is 11.6 Å². The molecule has 0 radical (unpaired) electrons. The van der Waals surface area contributed by atoms with Crippen molar-refractivity contribution in [1.82, 2.24) is 10.6 Å². The van der Waals surface area contributed by atoms with Crippen molar-refractivity contribution < 1.29 is 14.9 Å². The lowest BCUT2D eigenvalue weighted by molar-refractivity contribution is -0.682. The van der Waals surface area contributed by atoms with Gasteiger partial charge in [-0.25, -0.2) is 4.79 Å². The van der Waals surface area contributed by atoms with Crippen molar-refractivity contribution in [2.75, 3.05) is 13.1 Å². The number of nitrogens with two attached hydrogens (primary N) is 1. The highest BCUT2D eigenvalue weighted by molar-refractivity contribution is 6.31. The number of hydrogen-bond donors (Lipinski definition) is 3. The van der Waals surface area contributed by atoms with Crippen LogP contribution in [0.3, 0.4) is 0 Å². The largest absolute Gasteiger partial charge is 0.338 e. The third kappa shape index (κ3) is 6.60. The summed E-state index contributed by atoms with van der Waals surface area (Å²) < 4.78 is 0. The molecule has 116 valence electrons. The minimum atomic E-state index is -0.451. The Balaban J connectivity index is 2.36. The maximum absolute atomic E-state index is 11.7. The standard InChI is InChI=1S/C15H22ClN3O2/c1-10(2)8-18-15(21)19-14(20)9-17-11(3)12-6-4-5-7-13(12)16/h4-7,10-11,17H,8-9H2,1-3H3,(H2,18,19,20,21)/p+1/t11-/m1/s1. The van der Waals surface area contributed by atoms with Gasteiger partial charge in [-0.05, 0) is 18.9 Å². The Morgan fingerprint density at radius 1 is 1.24 bits per heavy atom. The number of imide groups is 1. The maximum atomic E-state index is 11.7. The van der Waals surface area contributed by atoms with Crippen LogP contribution in [0, 0.1) is 5.92 Å². The number of halogens is 1. The van der Waals surface area contributed by atoms with Gasteiger partial charge in [-0.2, -0.15) is 0 Å². The van der Waals surface area contributed by atoms with E-state index < -0.39 is 6.03 Å². The van der Waals surface area contributed by atoms with E-state index in [2.05, 4.69) is 10.6 Å². The highest BCUT2D eigenvalue weighted by Gasteiger charge is 2.15. The lowest BCUT2D eigenvalue weighted by atomic mass is 10.1. The van der Waals surface area contributed by atoms with Gasteiger partial charge in [0, 0.05) is 17.1 Å². The number of rotatable bonds is 6. The smallest absolute Gasteiger partial charge is 0.321 e. The summed E-state index contributed by atoms with van der Waals surface area (Å²) in [5.41, 5.74) is 0.969. The second-order valence-corrected chi connectivity index (χ2v) is 5.81. The van der Waals surface area contributed by atoms with Gasteiger partial charge < -0.3 is 10.6 Å². The lowest BCUT2D eigenvalue weighted by Crippen LogP contribution is -2.87. The predicted octanol–water partition coefficient (Wildman–Crippen LogP) is 1.45. The summed E-state index contributed by atoms with van der Waals surface area (Å²) in [6.45, 7) is 6.65. The van der Waals surface area contributed by atoms with Gasteiger partial charge in [-0.15, -0.1) is 0 Å². The monoisotopic (exact) mass is 312 g/mol. The van der Waals surface area contributed by atoms with Crippen molar-refractivity contribution in [3.63, 3.8) is 0 Å². The van der Waals surface area contributed by atoms with Gasteiger partial charge >= 0.3 is 6.03 Å². The Morgan fingerprint density at radius 2 is 1.90 bits per heavy atom. The van der Waals surface area contributed by atoms with Crippen molar-refractivity contribution >= 4 is 23.5 Å². The molecular weight excluding hydrogens is 290 g/mol. The van der Waals surface area contributed by atoms with Gasteiger partial charge in [0.2, 0.25) is 0 Å². The van der Waals surface area contributed by atoms with Gasteiger partial charge in [0.25, 0.3) is 5.91 Å². The normalized spacial score (nSPS) is 12.0. The van der Waals surface area contributed by atoms with Crippen molar-refractivity contribution in [2.24, 2.45) is 5.92 Å². The first-order valence-corrected chi connectivity index (χ1v) is 7.43. The highest BCUT2D eigenvalue weighted by Crippen LogP contribution is 2.19. The second kappa shape index (κ2) is 8.64. The molecule has 1 rings (SSSR count). The molecule has 6 heteroatoms. The summed E-state index contributed by atoms with van der Waals surface area (Å²) in [7, 11) is 0. The number of carbonyl (C=O) groups excluding carboxylic acids is 2. The number of hydrogen-bond acceptors (Lipinski definition) is 2. The first-order chi connectivity index (χ1) is 9.90. The van der Waals surface area contributed by atoms with Crippen LogP contribution in [-0.2, 0) is 4.79 Å². The molecule has 0 heterocycles. The third-order valence-electron chi connectivity index (χ3n) is 2.98. The van der Waals surface area contributed by atoms with Crippen LogP contribution in [0.1, 0.15) is 32.4 Å². The quantitative estimate of drug-likeness (QED) is 0.743. The molecule has 0 spiro atoms. The SMILES string of the molecule is CC(C)CNC(=O)NC(=O)C[NH2+][C@H](C)c1ccccc1Cl. The minimum absolute atomic E-state index is 0.0446. The van der Waals surface area contributed by atoms with Gasteiger partial charge in [0.05, 0.1) is 0 Å². The fourth-order valence-electron chi connectivity index (χ4n) is 1.77. The van der Waals surface area contributed by atoms with E-state index >= 15 is 0 Å². The molecule has 0 aliphatic rings. The Kier molecular flexibility index (Phi) is 7.19. The zero-order valence-electron chi connectivity index (χ0n) is 12.7. The van der Waals surface area contributed by atoms with Gasteiger partial charge in [-0.3, -0.25) is 10.1 Å². The molecule has 0 aromatic heterocycles. The van der Waals surface area contributed by atoms with E-state index in [1.807, 2.05) is 50.4 Å². The van der Waals surface area contributed by atoms with Gasteiger partial charge in [0.15, 0.2) is 6.54 Å². The topological polar surface area (TPSA) is 74.8 Å². The van der Waals surface area contributed by atoms with E-state index in [-0.39, 0.29) is 18.5 Å². The summed E-state index contributed by atoms with van der Waals surface area (Å²) in [4.78, 5) is 23.1. The van der Waals surface area contributed by atoms with E-state index in [9.17, 15) is 9.59 Å². The average molecular weight is 313 g/mol. The van der Waals surface area contributed by atoms with Gasteiger partial charge in [0.1, 0.15) is 6.04 Å². The molecule has 0 saturated heterocycles. The fraction of sp³-hybridized carbons (Fsp3) is 0.467. The van der Waals surface area contributed by atoms with E-state index in [0.717, 1.165) is 5.56 Å². The molecule has 0 saturated carbocycles. The van der Waals surface area contributed by atoms with E-state index in [1.165, 1.54) is 0 Å². The average Bonchev–Trinajstić information content (AvgIpc) is 2.43. The first kappa shape index (κ1) is 17.5. The predicted molar refractivity (Wildman–Crippen MR) is 83.0 cm³/mol. The molecule has 0 unspecified atom stereocenters. The Labute approximate surface area is 130 Å². The molecule has 1 atom stereocenters. The minimum Gasteiger partial charge on any atom is -0.338 e. The zero-order valence-corrected chi connectivity index (χ0v) is 13.4. The zero-order chi connectivity index (χ0) is 15.8. The van der Waals surface area contributed by atoms with Crippen molar-refractivity contribution in [2.45, 2.75) is 26.8 Å². The van der Waals surface area contributed by atoms with E-state index in [0.29, 0.717) is 17.5 Å². The number of amides is 3. The lowest BCUT2D eigenvalue weighted by Gasteiger charge is -2.12. The number of benzene rings is 1. The van der Waals surface area contributed by atoms with Crippen LogP contribution in [-0.4, -0.2) is 25.0 Å².